The van der Waals surface area contributed by atoms with Gasteiger partial charge in [0, 0.05) is 30.1 Å². The molecule has 1 saturated heterocycles. The van der Waals surface area contributed by atoms with E-state index < -0.39 is 0 Å². The van der Waals surface area contributed by atoms with Crippen molar-refractivity contribution in [1.29, 1.82) is 5.41 Å². The second-order valence-corrected chi connectivity index (χ2v) is 8.05. The van der Waals surface area contributed by atoms with Gasteiger partial charge < -0.3 is 30.1 Å². The average Bonchev–Trinajstić information content (AvgIpc) is 3.59. The van der Waals surface area contributed by atoms with Gasteiger partial charge in [-0.05, 0) is 36.2 Å². The number of nitrogens with one attached hydrogen (secondary N) is 4. The number of amides is 1. The van der Waals surface area contributed by atoms with Crippen molar-refractivity contribution in [3.8, 4) is 11.1 Å². The summed E-state index contributed by atoms with van der Waals surface area (Å²) >= 11 is 0. The molecule has 0 saturated carbocycles. The summed E-state index contributed by atoms with van der Waals surface area (Å²) in [6.45, 7) is 4.05. The lowest BCUT2D eigenvalue weighted by Gasteiger charge is -2.35. The number of nitrogens with zero attached hydrogens (tertiary/aromatic N) is 4. The van der Waals surface area contributed by atoms with E-state index in [0.29, 0.717) is 42.6 Å². The maximum absolute atomic E-state index is 12.3. The number of pyridine rings is 1. The monoisotopic (exact) mass is 472 g/mol. The minimum absolute atomic E-state index is 0.157. The summed E-state index contributed by atoms with van der Waals surface area (Å²) in [4.78, 5) is 23.2. The number of carbonyl (C=O) groups is 1. The van der Waals surface area contributed by atoms with E-state index >= 15 is 0 Å². The van der Waals surface area contributed by atoms with E-state index in [9.17, 15) is 4.79 Å². The van der Waals surface area contributed by atoms with Gasteiger partial charge in [0.15, 0.2) is 12.1 Å². The van der Waals surface area contributed by atoms with E-state index in [-0.39, 0.29) is 17.6 Å². The highest BCUT2D eigenvalue weighted by Gasteiger charge is 2.23. The zero-order valence-corrected chi connectivity index (χ0v) is 19.0. The van der Waals surface area contributed by atoms with Crippen LogP contribution in [-0.2, 0) is 4.74 Å². The number of H-pyrrole nitrogens is 1. The number of aromatic amines is 1. The molecule has 1 fully saturated rings. The summed E-state index contributed by atoms with van der Waals surface area (Å²) in [6.07, 6.45) is 5.43. The van der Waals surface area contributed by atoms with Gasteiger partial charge in [0.05, 0.1) is 25.5 Å². The van der Waals surface area contributed by atoms with Crippen molar-refractivity contribution < 1.29 is 13.9 Å². The molecular formula is C24H24N8O3. The van der Waals surface area contributed by atoms with E-state index in [1.807, 2.05) is 18.2 Å². The highest BCUT2D eigenvalue weighted by atomic mass is 16.5. The molecule has 4 heterocycles. The van der Waals surface area contributed by atoms with Crippen LogP contribution in [0, 0.1) is 5.41 Å². The van der Waals surface area contributed by atoms with Crippen LogP contribution < -0.4 is 15.5 Å². The number of hydrogen-bond donors (Lipinski definition) is 4. The van der Waals surface area contributed by atoms with Gasteiger partial charge in [-0.1, -0.05) is 12.1 Å². The van der Waals surface area contributed by atoms with Crippen LogP contribution in [0.15, 0.2) is 59.7 Å². The fourth-order valence-electron chi connectivity index (χ4n) is 3.94. The van der Waals surface area contributed by atoms with Gasteiger partial charge in [0.25, 0.3) is 5.91 Å². The Morgan fingerprint density at radius 1 is 1.29 bits per heavy atom. The van der Waals surface area contributed by atoms with Crippen LogP contribution in [0.4, 0.5) is 23.1 Å². The number of benzene rings is 1. The molecule has 0 unspecified atom stereocenters. The molecule has 1 aliphatic heterocycles. The van der Waals surface area contributed by atoms with Crippen LogP contribution in [0.3, 0.4) is 0 Å². The van der Waals surface area contributed by atoms with Crippen LogP contribution in [0.2, 0.25) is 0 Å². The summed E-state index contributed by atoms with van der Waals surface area (Å²) < 4.78 is 10.5. The van der Waals surface area contributed by atoms with E-state index in [4.69, 9.17) is 19.5 Å². The van der Waals surface area contributed by atoms with Crippen LogP contribution in [0.25, 0.3) is 11.1 Å². The van der Waals surface area contributed by atoms with Crippen molar-refractivity contribution in [1.82, 2.24) is 20.2 Å². The molecule has 4 aromatic rings. The predicted octanol–water partition coefficient (Wildman–Crippen LogP) is 3.68. The Labute approximate surface area is 201 Å². The molecule has 4 N–H and O–H groups in total. The van der Waals surface area contributed by atoms with Gasteiger partial charge in [-0.25, -0.2) is 9.97 Å². The summed E-state index contributed by atoms with van der Waals surface area (Å²) in [5, 5.41) is 21.0. The van der Waals surface area contributed by atoms with Gasteiger partial charge in [-0.15, -0.1) is 0 Å². The smallest absolute Gasteiger partial charge is 0.277 e. The van der Waals surface area contributed by atoms with Crippen molar-refractivity contribution in [3.05, 3.63) is 66.5 Å². The summed E-state index contributed by atoms with van der Waals surface area (Å²) in [7, 11) is 0. The summed E-state index contributed by atoms with van der Waals surface area (Å²) in [5.74, 6) is 1.64. The van der Waals surface area contributed by atoms with Gasteiger partial charge in [-0.3, -0.25) is 9.89 Å². The minimum Gasteiger partial charge on any atom is -0.451 e. The van der Waals surface area contributed by atoms with Gasteiger partial charge in [-0.2, -0.15) is 5.10 Å². The Balaban J connectivity index is 1.51. The van der Waals surface area contributed by atoms with Gasteiger partial charge >= 0.3 is 0 Å². The first kappa shape index (κ1) is 22.3. The highest BCUT2D eigenvalue weighted by Crippen LogP contribution is 2.34. The lowest BCUT2D eigenvalue weighted by molar-refractivity contribution is 0.0985. The van der Waals surface area contributed by atoms with Crippen molar-refractivity contribution >= 4 is 35.3 Å². The molecule has 5 rings (SSSR count). The standard InChI is InChI=1S/C24H24N8O3/c1-15-12-34-9-8-32(15)22-10-18(19(11-25)23(30-22)29-21-6-7-27-31-21)16-2-4-17(5-3-16)28-24(33)20-13-35-14-26-20/h2-7,10-11,13-15,25H,8-9,12H2,1H3,(H,28,33)(H2,27,29,30,31)/t15-/m1/s1. The number of carbonyl (C=O) groups excluding carboxylic acids is 1. The summed E-state index contributed by atoms with van der Waals surface area (Å²) in [5.41, 5.74) is 3.15. The lowest BCUT2D eigenvalue weighted by Crippen LogP contribution is -2.44. The molecule has 1 aliphatic rings. The topological polar surface area (TPSA) is 145 Å². The van der Waals surface area contributed by atoms with Crippen LogP contribution >= 0.6 is 0 Å². The first-order valence-electron chi connectivity index (χ1n) is 11.1. The van der Waals surface area contributed by atoms with Crippen LogP contribution in [-0.4, -0.2) is 58.1 Å². The largest absolute Gasteiger partial charge is 0.451 e. The number of oxazole rings is 1. The van der Waals surface area contributed by atoms with Gasteiger partial charge in [0.1, 0.15) is 23.7 Å². The number of aromatic nitrogens is 4. The zero-order chi connectivity index (χ0) is 24.2. The molecule has 1 aromatic carbocycles. The highest BCUT2D eigenvalue weighted by molar-refractivity contribution is 6.03. The second kappa shape index (κ2) is 9.77. The zero-order valence-electron chi connectivity index (χ0n) is 19.0. The fraction of sp³-hybridized carbons (Fsp3) is 0.208. The summed E-state index contributed by atoms with van der Waals surface area (Å²) in [6, 6.07) is 11.3. The Morgan fingerprint density at radius 3 is 2.83 bits per heavy atom. The number of hydrogen-bond acceptors (Lipinski definition) is 9. The molecule has 0 spiro atoms. The number of anilines is 4. The number of morpholine rings is 1. The van der Waals surface area contributed by atoms with Crippen molar-refractivity contribution in [3.63, 3.8) is 0 Å². The van der Waals surface area contributed by atoms with Crippen LogP contribution in [0.5, 0.6) is 0 Å². The molecule has 1 amide bonds. The Hall–Kier alpha value is -4.51. The third-order valence-electron chi connectivity index (χ3n) is 5.72. The first-order valence-corrected chi connectivity index (χ1v) is 11.1. The molecule has 35 heavy (non-hydrogen) atoms. The molecule has 0 aliphatic carbocycles. The molecule has 3 aromatic heterocycles. The van der Waals surface area contributed by atoms with Crippen molar-refractivity contribution in [2.24, 2.45) is 0 Å². The maximum Gasteiger partial charge on any atom is 0.277 e. The third-order valence-corrected chi connectivity index (χ3v) is 5.72. The Morgan fingerprint density at radius 2 is 2.14 bits per heavy atom. The van der Waals surface area contributed by atoms with Crippen LogP contribution in [0.1, 0.15) is 23.0 Å². The Kier molecular flexibility index (Phi) is 6.22. The van der Waals surface area contributed by atoms with Crippen molar-refractivity contribution in [2.45, 2.75) is 13.0 Å². The molecule has 11 heteroatoms. The first-order chi connectivity index (χ1) is 17.1. The molecule has 178 valence electrons. The minimum atomic E-state index is -0.356. The molecule has 1 atom stereocenters. The number of ether oxygens (including phenoxy) is 1. The second-order valence-electron chi connectivity index (χ2n) is 8.05. The lowest BCUT2D eigenvalue weighted by atomic mass is 10.00. The fourth-order valence-corrected chi connectivity index (χ4v) is 3.94. The Bertz CT molecular complexity index is 1300. The van der Waals surface area contributed by atoms with Crippen molar-refractivity contribution in [2.75, 3.05) is 35.3 Å². The van der Waals surface area contributed by atoms with E-state index in [2.05, 4.69) is 37.6 Å². The average molecular weight is 473 g/mol. The van der Waals surface area contributed by atoms with E-state index in [1.54, 1.807) is 24.4 Å². The molecule has 0 radical (unpaired) electrons. The third kappa shape index (κ3) is 4.75. The molecule has 11 nitrogen and oxygen atoms in total. The molecule has 0 bridgehead atoms. The van der Waals surface area contributed by atoms with Gasteiger partial charge in [0.2, 0.25) is 0 Å². The maximum atomic E-state index is 12.3. The number of rotatable bonds is 7. The van der Waals surface area contributed by atoms with E-state index in [1.165, 1.54) is 18.9 Å². The molecular weight excluding hydrogens is 448 g/mol. The normalized spacial score (nSPS) is 15.6. The SMILES string of the molecule is C[C@@H]1COCCN1c1cc(-c2ccc(NC(=O)c3cocn3)cc2)c(C=N)c(Nc2ccn[nH]2)n1. The van der Waals surface area contributed by atoms with E-state index in [0.717, 1.165) is 16.9 Å². The predicted molar refractivity (Wildman–Crippen MR) is 132 cm³/mol. The quantitative estimate of drug-likeness (QED) is 0.298.